The fourth-order valence-electron chi connectivity index (χ4n) is 3.84. The maximum atomic E-state index is 12.5. The number of anilines is 2. The van der Waals surface area contributed by atoms with E-state index in [9.17, 15) is 4.79 Å². The van der Waals surface area contributed by atoms with Gasteiger partial charge in [-0.25, -0.2) is 12.6 Å². The zero-order chi connectivity index (χ0) is 17.9. The lowest BCUT2D eigenvalue weighted by atomic mass is 10.0. The van der Waals surface area contributed by atoms with Crippen LogP contribution in [0, 0.1) is 6.92 Å². The number of aromatic nitrogens is 3. The summed E-state index contributed by atoms with van der Waals surface area (Å²) in [6.07, 6.45) is 0.995. The van der Waals surface area contributed by atoms with Crippen molar-refractivity contribution in [1.29, 1.82) is 0 Å². The molecule has 134 valence electrons. The van der Waals surface area contributed by atoms with Gasteiger partial charge in [-0.15, -0.1) is 0 Å². The van der Waals surface area contributed by atoms with Crippen LogP contribution in [0.15, 0.2) is 4.79 Å². The summed E-state index contributed by atoms with van der Waals surface area (Å²) in [6, 6.07) is 0.328. The predicted molar refractivity (Wildman–Crippen MR) is 109 cm³/mol. The number of nitrogens with zero attached hydrogens (tertiary/aromatic N) is 6. The highest BCUT2D eigenvalue weighted by molar-refractivity contribution is 14.1. The lowest BCUT2D eigenvalue weighted by molar-refractivity contribution is 0.260. The second-order valence-corrected chi connectivity index (χ2v) is 8.22. The molecule has 2 aliphatic rings. The molecular formula is C16H20ClIN6O. The second-order valence-electron chi connectivity index (χ2n) is 6.88. The zero-order valence-corrected chi connectivity index (χ0v) is 17.4. The Hall–Kier alpha value is -1.13. The molecule has 0 amide bonds. The number of aryl methyl sites for hydroxylation is 1. The standard InChI is InChI=1S/C16H20ClIN6O/c1-9-12(17)13-11-14(20-16(25)24(18)15(11)19-9)23-7-6-21(2)8-10(23)4-5-22(13)3/h10H,4-8H2,1-3H3. The van der Waals surface area contributed by atoms with Crippen LogP contribution in [0.5, 0.6) is 0 Å². The molecule has 9 heteroatoms. The van der Waals surface area contributed by atoms with Crippen LogP contribution in [0.3, 0.4) is 0 Å². The Balaban J connectivity index is 2.09. The minimum atomic E-state index is -0.288. The van der Waals surface area contributed by atoms with Crippen molar-refractivity contribution in [3.8, 4) is 0 Å². The van der Waals surface area contributed by atoms with Gasteiger partial charge in [-0.3, -0.25) is 0 Å². The zero-order valence-electron chi connectivity index (χ0n) is 14.5. The van der Waals surface area contributed by atoms with Crippen LogP contribution in [0.4, 0.5) is 11.5 Å². The first kappa shape index (κ1) is 17.3. The summed E-state index contributed by atoms with van der Waals surface area (Å²) in [5.41, 5.74) is 2.01. The van der Waals surface area contributed by atoms with Gasteiger partial charge < -0.3 is 14.7 Å². The molecule has 2 aliphatic heterocycles. The lowest BCUT2D eigenvalue weighted by Gasteiger charge is -2.43. The van der Waals surface area contributed by atoms with E-state index in [2.05, 4.69) is 38.8 Å². The Bertz CT molecular complexity index is 916. The molecule has 0 bridgehead atoms. The van der Waals surface area contributed by atoms with Crippen LogP contribution in [-0.2, 0) is 0 Å². The fourth-order valence-corrected chi connectivity index (χ4v) is 4.58. The van der Waals surface area contributed by atoms with E-state index in [4.69, 9.17) is 11.6 Å². The summed E-state index contributed by atoms with van der Waals surface area (Å²) in [5.74, 6) is 0.724. The highest BCUT2D eigenvalue weighted by Crippen LogP contribution is 2.41. The Morgan fingerprint density at radius 3 is 2.72 bits per heavy atom. The summed E-state index contributed by atoms with van der Waals surface area (Å²) in [6.45, 7) is 5.54. The minimum absolute atomic E-state index is 0.288. The molecule has 0 radical (unpaired) electrons. The highest BCUT2D eigenvalue weighted by Gasteiger charge is 2.33. The third-order valence-corrected chi connectivity index (χ3v) is 6.50. The third kappa shape index (κ3) is 2.69. The molecule has 2 aromatic rings. The molecule has 0 saturated carbocycles. The molecule has 0 aliphatic carbocycles. The van der Waals surface area contributed by atoms with Crippen LogP contribution in [-0.4, -0.2) is 64.0 Å². The average molecular weight is 475 g/mol. The first-order valence-corrected chi connectivity index (χ1v) is 9.68. The third-order valence-electron chi connectivity index (χ3n) is 5.18. The first-order valence-electron chi connectivity index (χ1n) is 8.34. The van der Waals surface area contributed by atoms with Gasteiger partial charge >= 0.3 is 5.69 Å². The summed E-state index contributed by atoms with van der Waals surface area (Å²) in [4.78, 5) is 28.3. The number of fused-ring (bicyclic) bond motifs is 2. The Labute approximate surface area is 165 Å². The number of likely N-dealkylation sites (N-methyl/N-ethyl adjacent to an activating group) is 1. The number of halogens is 2. The molecule has 0 spiro atoms. The van der Waals surface area contributed by atoms with Gasteiger partial charge in [0.1, 0.15) is 5.82 Å². The average Bonchev–Trinajstić information content (AvgIpc) is 2.57. The number of pyridine rings is 1. The number of hydrogen-bond donors (Lipinski definition) is 0. The van der Waals surface area contributed by atoms with E-state index in [0.717, 1.165) is 55.2 Å². The maximum absolute atomic E-state index is 12.5. The molecule has 7 nitrogen and oxygen atoms in total. The van der Waals surface area contributed by atoms with Gasteiger partial charge in [-0.1, -0.05) is 11.6 Å². The molecular weight excluding hydrogens is 455 g/mol. The van der Waals surface area contributed by atoms with E-state index in [0.29, 0.717) is 16.7 Å². The van der Waals surface area contributed by atoms with E-state index in [1.807, 2.05) is 29.8 Å². The molecule has 1 unspecified atom stereocenters. The van der Waals surface area contributed by atoms with Crippen molar-refractivity contribution in [3.63, 3.8) is 0 Å². The first-order chi connectivity index (χ1) is 11.9. The molecule has 25 heavy (non-hydrogen) atoms. The lowest BCUT2D eigenvalue weighted by Crippen LogP contribution is -2.54. The topological polar surface area (TPSA) is 57.5 Å². The number of hydrogen-bond acceptors (Lipinski definition) is 6. The van der Waals surface area contributed by atoms with Crippen molar-refractivity contribution in [1.82, 2.24) is 17.6 Å². The summed E-state index contributed by atoms with van der Waals surface area (Å²) in [7, 11) is 4.19. The monoisotopic (exact) mass is 474 g/mol. The molecule has 4 heterocycles. The van der Waals surface area contributed by atoms with Crippen molar-refractivity contribution in [3.05, 3.63) is 21.2 Å². The molecule has 2 aromatic heterocycles. The summed E-state index contributed by atoms with van der Waals surface area (Å²) >= 11 is 8.62. The van der Waals surface area contributed by atoms with Crippen molar-refractivity contribution in [2.45, 2.75) is 19.4 Å². The fraction of sp³-hybridized carbons (Fsp3) is 0.562. The van der Waals surface area contributed by atoms with E-state index in [1.165, 1.54) is 2.78 Å². The van der Waals surface area contributed by atoms with Gasteiger partial charge in [0.15, 0.2) is 5.65 Å². The molecule has 4 rings (SSSR count). The normalized spacial score (nSPS) is 21.2. The van der Waals surface area contributed by atoms with E-state index in [-0.39, 0.29) is 5.69 Å². The van der Waals surface area contributed by atoms with Crippen molar-refractivity contribution in [2.75, 3.05) is 50.1 Å². The smallest absolute Gasteiger partial charge is 0.360 e. The van der Waals surface area contributed by atoms with Crippen LogP contribution in [0.1, 0.15) is 12.1 Å². The van der Waals surface area contributed by atoms with Crippen molar-refractivity contribution in [2.24, 2.45) is 0 Å². The van der Waals surface area contributed by atoms with E-state index >= 15 is 0 Å². The highest BCUT2D eigenvalue weighted by atomic mass is 127. The van der Waals surface area contributed by atoms with Gasteiger partial charge in [0.2, 0.25) is 0 Å². The Kier molecular flexibility index (Phi) is 4.32. The quantitative estimate of drug-likeness (QED) is 0.544. The second kappa shape index (κ2) is 6.24. The Morgan fingerprint density at radius 1 is 1.20 bits per heavy atom. The van der Waals surface area contributed by atoms with Gasteiger partial charge in [-0.05, 0) is 20.4 Å². The Morgan fingerprint density at radius 2 is 1.96 bits per heavy atom. The van der Waals surface area contributed by atoms with Crippen molar-refractivity contribution >= 4 is 57.0 Å². The van der Waals surface area contributed by atoms with Crippen LogP contribution in [0.2, 0.25) is 5.02 Å². The minimum Gasteiger partial charge on any atom is -0.373 e. The van der Waals surface area contributed by atoms with Gasteiger partial charge in [0, 0.05) is 39.3 Å². The van der Waals surface area contributed by atoms with Gasteiger partial charge in [-0.2, -0.15) is 4.98 Å². The SMILES string of the molecule is Cc1nc2c3c(nc(=O)n2I)N2CCN(C)CC2CCN(C)c3c1Cl. The molecule has 0 N–H and O–H groups in total. The predicted octanol–water partition coefficient (Wildman–Crippen LogP) is 1.91. The van der Waals surface area contributed by atoms with E-state index in [1.54, 1.807) is 0 Å². The van der Waals surface area contributed by atoms with Crippen molar-refractivity contribution < 1.29 is 0 Å². The summed E-state index contributed by atoms with van der Waals surface area (Å²) < 4.78 is 1.49. The van der Waals surface area contributed by atoms with Gasteiger partial charge in [0.05, 0.1) is 44.7 Å². The van der Waals surface area contributed by atoms with E-state index < -0.39 is 0 Å². The molecule has 1 fully saturated rings. The number of rotatable bonds is 0. The maximum Gasteiger partial charge on any atom is 0.360 e. The van der Waals surface area contributed by atoms with Crippen LogP contribution < -0.4 is 15.5 Å². The van der Waals surface area contributed by atoms with Gasteiger partial charge in [0.25, 0.3) is 0 Å². The molecule has 1 atom stereocenters. The number of piperazine rings is 1. The van der Waals surface area contributed by atoms with Crippen LogP contribution >= 0.6 is 34.5 Å². The molecule has 1 saturated heterocycles. The largest absolute Gasteiger partial charge is 0.373 e. The molecule has 0 aromatic carbocycles. The van der Waals surface area contributed by atoms with Crippen LogP contribution in [0.25, 0.3) is 11.0 Å². The summed E-state index contributed by atoms with van der Waals surface area (Å²) in [5, 5.41) is 1.52.